The number of aryl methyl sites for hydroxylation is 2. The summed E-state index contributed by atoms with van der Waals surface area (Å²) in [5.41, 5.74) is 5.90. The van der Waals surface area contributed by atoms with Gasteiger partial charge in [-0.1, -0.05) is 29.8 Å². The van der Waals surface area contributed by atoms with Crippen molar-refractivity contribution in [3.8, 4) is 0 Å². The summed E-state index contributed by atoms with van der Waals surface area (Å²) in [6, 6.07) is 6.77. The molecular weight excluding hydrogens is 144 g/mol. The first-order valence-electron chi connectivity index (χ1n) is 4.56. The van der Waals surface area contributed by atoms with Gasteiger partial charge in [0.2, 0.25) is 0 Å². The highest BCUT2D eigenvalue weighted by Crippen LogP contribution is 2.32. The second-order valence-electron chi connectivity index (χ2n) is 3.47. The highest BCUT2D eigenvalue weighted by Gasteiger charge is 2.14. The molecule has 0 nitrogen and oxygen atoms in total. The van der Waals surface area contributed by atoms with E-state index in [9.17, 15) is 0 Å². The quantitative estimate of drug-likeness (QED) is 0.543. The van der Waals surface area contributed by atoms with E-state index in [2.05, 4.69) is 38.1 Å². The first-order valence-corrected chi connectivity index (χ1v) is 4.56. The molecule has 0 radical (unpaired) electrons. The molecule has 0 saturated carbocycles. The minimum atomic E-state index is 1.23. The molecule has 1 aliphatic rings. The van der Waals surface area contributed by atoms with Crippen LogP contribution in [0.2, 0.25) is 0 Å². The van der Waals surface area contributed by atoms with Crippen molar-refractivity contribution in [2.24, 2.45) is 0 Å². The fraction of sp³-hybridized carbons (Fsp3) is 0.333. The van der Waals surface area contributed by atoms with E-state index in [0.29, 0.717) is 0 Å². The molecule has 0 fully saturated rings. The molecule has 2 rings (SSSR count). The van der Waals surface area contributed by atoms with Crippen molar-refractivity contribution in [2.75, 3.05) is 0 Å². The van der Waals surface area contributed by atoms with Gasteiger partial charge < -0.3 is 0 Å². The van der Waals surface area contributed by atoms with Crippen molar-refractivity contribution in [2.45, 2.75) is 26.7 Å². The van der Waals surface area contributed by atoms with Crippen molar-refractivity contribution in [3.05, 3.63) is 41.0 Å². The predicted octanol–water partition coefficient (Wildman–Crippen LogP) is 3.34. The van der Waals surface area contributed by atoms with Crippen LogP contribution in [0.1, 0.15) is 30.0 Å². The Balaban J connectivity index is 2.57. The predicted molar refractivity (Wildman–Crippen MR) is 53.2 cm³/mol. The Hall–Kier alpha value is -1.04. The number of hydrogen-bond acceptors (Lipinski definition) is 0. The largest absolute Gasteiger partial charge is 0.0838 e. The highest BCUT2D eigenvalue weighted by molar-refractivity contribution is 5.72. The Morgan fingerprint density at radius 3 is 2.83 bits per heavy atom. The first-order chi connectivity index (χ1) is 5.81. The SMILES string of the molecule is C/C=C1/CCc2ccc(C)cc21. The van der Waals surface area contributed by atoms with Crippen LogP contribution in [0, 0.1) is 6.92 Å². The zero-order valence-electron chi connectivity index (χ0n) is 7.72. The molecule has 0 heterocycles. The smallest absolute Gasteiger partial charge is 0.0193 e. The summed E-state index contributed by atoms with van der Waals surface area (Å²) < 4.78 is 0. The van der Waals surface area contributed by atoms with Crippen LogP contribution in [-0.4, -0.2) is 0 Å². The van der Waals surface area contributed by atoms with Gasteiger partial charge in [0, 0.05) is 0 Å². The third-order valence-electron chi connectivity index (χ3n) is 2.62. The molecule has 0 saturated heterocycles. The summed E-state index contributed by atoms with van der Waals surface area (Å²) in [7, 11) is 0. The molecule has 0 N–H and O–H groups in total. The second kappa shape index (κ2) is 2.78. The van der Waals surface area contributed by atoms with Gasteiger partial charge in [-0.25, -0.2) is 0 Å². The van der Waals surface area contributed by atoms with E-state index >= 15 is 0 Å². The lowest BCUT2D eigenvalue weighted by Crippen LogP contribution is -1.81. The fourth-order valence-corrected chi connectivity index (χ4v) is 1.91. The minimum Gasteiger partial charge on any atom is -0.0838 e. The molecule has 0 heteroatoms. The third-order valence-corrected chi connectivity index (χ3v) is 2.62. The van der Waals surface area contributed by atoms with Gasteiger partial charge in [-0.05, 0) is 43.4 Å². The third kappa shape index (κ3) is 1.08. The molecule has 12 heavy (non-hydrogen) atoms. The maximum atomic E-state index is 2.30. The summed E-state index contributed by atoms with van der Waals surface area (Å²) in [6.45, 7) is 4.29. The fourth-order valence-electron chi connectivity index (χ4n) is 1.91. The van der Waals surface area contributed by atoms with Gasteiger partial charge in [0.1, 0.15) is 0 Å². The lowest BCUT2D eigenvalue weighted by molar-refractivity contribution is 1.08. The van der Waals surface area contributed by atoms with E-state index in [1.165, 1.54) is 35.1 Å². The summed E-state index contributed by atoms with van der Waals surface area (Å²) in [5, 5.41) is 0. The monoisotopic (exact) mass is 158 g/mol. The van der Waals surface area contributed by atoms with Gasteiger partial charge in [-0.3, -0.25) is 0 Å². The van der Waals surface area contributed by atoms with Crippen LogP contribution in [0.3, 0.4) is 0 Å². The van der Waals surface area contributed by atoms with Crippen molar-refractivity contribution in [1.82, 2.24) is 0 Å². The normalized spacial score (nSPS) is 18.3. The van der Waals surface area contributed by atoms with Crippen molar-refractivity contribution < 1.29 is 0 Å². The van der Waals surface area contributed by atoms with Gasteiger partial charge in [-0.15, -0.1) is 0 Å². The van der Waals surface area contributed by atoms with Crippen LogP contribution in [0.15, 0.2) is 24.3 Å². The Kier molecular flexibility index (Phi) is 1.76. The van der Waals surface area contributed by atoms with E-state index in [1.807, 2.05) is 0 Å². The van der Waals surface area contributed by atoms with Crippen LogP contribution in [0.5, 0.6) is 0 Å². The molecule has 0 amide bonds. The zero-order valence-corrected chi connectivity index (χ0v) is 7.72. The molecule has 0 aliphatic heterocycles. The first kappa shape index (κ1) is 7.60. The van der Waals surface area contributed by atoms with Crippen molar-refractivity contribution in [3.63, 3.8) is 0 Å². The number of hydrogen-bond donors (Lipinski definition) is 0. The topological polar surface area (TPSA) is 0 Å². The summed E-state index contributed by atoms with van der Waals surface area (Å²) in [6.07, 6.45) is 4.70. The van der Waals surface area contributed by atoms with Crippen LogP contribution < -0.4 is 0 Å². The van der Waals surface area contributed by atoms with E-state index in [-0.39, 0.29) is 0 Å². The minimum absolute atomic E-state index is 1.23. The lowest BCUT2D eigenvalue weighted by atomic mass is 10.0. The van der Waals surface area contributed by atoms with E-state index in [1.54, 1.807) is 0 Å². The Labute approximate surface area is 73.9 Å². The van der Waals surface area contributed by atoms with Crippen molar-refractivity contribution in [1.29, 1.82) is 0 Å². The van der Waals surface area contributed by atoms with Gasteiger partial charge in [-0.2, -0.15) is 0 Å². The Morgan fingerprint density at radius 2 is 2.08 bits per heavy atom. The molecule has 1 aromatic carbocycles. The maximum Gasteiger partial charge on any atom is -0.0193 e. The van der Waals surface area contributed by atoms with Gasteiger partial charge in [0.05, 0.1) is 0 Å². The van der Waals surface area contributed by atoms with Crippen LogP contribution >= 0.6 is 0 Å². The average Bonchev–Trinajstić information content (AvgIpc) is 2.46. The number of rotatable bonds is 0. The van der Waals surface area contributed by atoms with Crippen molar-refractivity contribution >= 4 is 5.57 Å². The molecule has 0 atom stereocenters. The van der Waals surface area contributed by atoms with Crippen LogP contribution in [0.4, 0.5) is 0 Å². The molecule has 0 unspecified atom stereocenters. The van der Waals surface area contributed by atoms with Crippen LogP contribution in [-0.2, 0) is 6.42 Å². The summed E-state index contributed by atoms with van der Waals surface area (Å²) in [5.74, 6) is 0. The van der Waals surface area contributed by atoms with E-state index in [4.69, 9.17) is 0 Å². The van der Waals surface area contributed by atoms with E-state index < -0.39 is 0 Å². The van der Waals surface area contributed by atoms with E-state index in [0.717, 1.165) is 0 Å². The highest BCUT2D eigenvalue weighted by atomic mass is 14.2. The van der Waals surface area contributed by atoms with Crippen LogP contribution in [0.25, 0.3) is 5.57 Å². The molecule has 0 spiro atoms. The average molecular weight is 158 g/mol. The van der Waals surface area contributed by atoms with Gasteiger partial charge in [0.15, 0.2) is 0 Å². The Bertz CT molecular complexity index is 332. The molecule has 1 aliphatic carbocycles. The number of allylic oxidation sites excluding steroid dienone is 2. The van der Waals surface area contributed by atoms with Gasteiger partial charge >= 0.3 is 0 Å². The molecule has 62 valence electrons. The number of fused-ring (bicyclic) bond motifs is 1. The molecule has 0 aromatic heterocycles. The Morgan fingerprint density at radius 1 is 1.25 bits per heavy atom. The lowest BCUT2D eigenvalue weighted by Gasteiger charge is -2.01. The number of benzene rings is 1. The molecular formula is C12H14. The summed E-state index contributed by atoms with van der Waals surface area (Å²) >= 11 is 0. The molecule has 1 aromatic rings. The molecule has 0 bridgehead atoms. The second-order valence-corrected chi connectivity index (χ2v) is 3.47. The van der Waals surface area contributed by atoms with Gasteiger partial charge in [0.25, 0.3) is 0 Å². The standard InChI is InChI=1S/C12H14/c1-3-10-6-7-11-5-4-9(2)8-12(10)11/h3-5,8H,6-7H2,1-2H3/b10-3-. The summed E-state index contributed by atoms with van der Waals surface area (Å²) in [4.78, 5) is 0. The maximum absolute atomic E-state index is 2.30. The zero-order chi connectivity index (χ0) is 8.55.